The number of ether oxygens (including phenoxy) is 1. The molecule has 0 aromatic carbocycles. The Morgan fingerprint density at radius 3 is 2.94 bits per heavy atom. The predicted molar refractivity (Wildman–Crippen MR) is 68.7 cm³/mol. The average molecular weight is 256 g/mol. The normalized spacial score (nSPS) is 32.6. The number of carboxylic acids is 1. The molecule has 2 N–H and O–H groups in total. The van der Waals surface area contributed by atoms with Crippen LogP contribution < -0.4 is 5.32 Å². The van der Waals surface area contributed by atoms with E-state index in [-0.39, 0.29) is 24.1 Å². The number of carbonyl (C=O) groups is 1. The van der Waals surface area contributed by atoms with Gasteiger partial charge in [-0.05, 0) is 26.7 Å². The lowest BCUT2D eigenvalue weighted by Gasteiger charge is -2.45. The Balaban J connectivity index is 1.96. The van der Waals surface area contributed by atoms with Gasteiger partial charge >= 0.3 is 5.97 Å². The standard InChI is InChI=1S/C13H24N2O3/c1-13(2)9-15(8-11-4-3-5-18-11)10(7-14-13)6-12(16)17/h10-11,14H,3-9H2,1-2H3,(H,16,17). The van der Waals surface area contributed by atoms with Crippen molar-refractivity contribution in [2.45, 2.75) is 50.8 Å². The van der Waals surface area contributed by atoms with Crippen LogP contribution in [0.2, 0.25) is 0 Å². The van der Waals surface area contributed by atoms with E-state index < -0.39 is 5.97 Å². The fraction of sp³-hybridized carbons (Fsp3) is 0.923. The van der Waals surface area contributed by atoms with E-state index in [9.17, 15) is 4.79 Å². The SMILES string of the molecule is CC1(C)CN(CC2CCCO2)C(CC(=O)O)CN1. The van der Waals surface area contributed by atoms with Gasteiger partial charge < -0.3 is 15.2 Å². The highest BCUT2D eigenvalue weighted by molar-refractivity contribution is 5.67. The number of hydrogen-bond donors (Lipinski definition) is 2. The van der Waals surface area contributed by atoms with Gasteiger partial charge in [0.1, 0.15) is 0 Å². The number of rotatable bonds is 4. The summed E-state index contributed by atoms with van der Waals surface area (Å²) in [5.41, 5.74) is 0.0492. The van der Waals surface area contributed by atoms with Crippen molar-refractivity contribution in [3.63, 3.8) is 0 Å². The minimum atomic E-state index is -0.723. The van der Waals surface area contributed by atoms with E-state index >= 15 is 0 Å². The van der Waals surface area contributed by atoms with Gasteiger partial charge in [-0.1, -0.05) is 0 Å². The van der Waals surface area contributed by atoms with Crippen LogP contribution in [0.3, 0.4) is 0 Å². The maximum absolute atomic E-state index is 10.9. The summed E-state index contributed by atoms with van der Waals surface area (Å²) in [7, 11) is 0. The molecule has 0 saturated carbocycles. The van der Waals surface area contributed by atoms with Crippen molar-refractivity contribution in [2.75, 3.05) is 26.2 Å². The van der Waals surface area contributed by atoms with Crippen molar-refractivity contribution in [3.05, 3.63) is 0 Å². The van der Waals surface area contributed by atoms with E-state index in [2.05, 4.69) is 24.1 Å². The fourth-order valence-electron chi connectivity index (χ4n) is 2.88. The van der Waals surface area contributed by atoms with Crippen LogP contribution in [-0.4, -0.2) is 59.9 Å². The first-order valence-corrected chi connectivity index (χ1v) is 6.79. The highest BCUT2D eigenvalue weighted by atomic mass is 16.5. The Morgan fingerprint density at radius 1 is 1.56 bits per heavy atom. The molecule has 2 unspecified atom stereocenters. The number of nitrogens with one attached hydrogen (secondary N) is 1. The zero-order valence-electron chi connectivity index (χ0n) is 11.3. The fourth-order valence-corrected chi connectivity index (χ4v) is 2.88. The van der Waals surface area contributed by atoms with E-state index in [1.165, 1.54) is 0 Å². The smallest absolute Gasteiger partial charge is 0.304 e. The largest absolute Gasteiger partial charge is 0.481 e. The van der Waals surface area contributed by atoms with E-state index in [1.807, 2.05) is 0 Å². The molecule has 0 radical (unpaired) electrons. The van der Waals surface area contributed by atoms with Gasteiger partial charge in [0.05, 0.1) is 12.5 Å². The first-order valence-electron chi connectivity index (χ1n) is 6.79. The number of hydrogen-bond acceptors (Lipinski definition) is 4. The molecule has 2 atom stereocenters. The van der Waals surface area contributed by atoms with E-state index in [4.69, 9.17) is 9.84 Å². The topological polar surface area (TPSA) is 61.8 Å². The highest BCUT2D eigenvalue weighted by Crippen LogP contribution is 2.21. The summed E-state index contributed by atoms with van der Waals surface area (Å²) in [6.45, 7) is 7.66. The molecular formula is C13H24N2O3. The maximum atomic E-state index is 10.9. The van der Waals surface area contributed by atoms with Crippen LogP contribution in [0.25, 0.3) is 0 Å². The molecule has 2 aliphatic rings. The molecule has 18 heavy (non-hydrogen) atoms. The van der Waals surface area contributed by atoms with Gasteiger partial charge in [-0.15, -0.1) is 0 Å². The summed E-state index contributed by atoms with van der Waals surface area (Å²) in [5.74, 6) is -0.723. The van der Waals surface area contributed by atoms with Crippen LogP contribution in [0, 0.1) is 0 Å². The van der Waals surface area contributed by atoms with E-state index in [0.29, 0.717) is 0 Å². The van der Waals surface area contributed by atoms with Crippen LogP contribution in [0.15, 0.2) is 0 Å². The lowest BCUT2D eigenvalue weighted by molar-refractivity contribution is -0.139. The van der Waals surface area contributed by atoms with Gasteiger partial charge in [-0.25, -0.2) is 0 Å². The number of piperazine rings is 1. The second-order valence-electron chi connectivity index (χ2n) is 6.08. The van der Waals surface area contributed by atoms with E-state index in [0.717, 1.165) is 39.1 Å². The molecule has 0 spiro atoms. The lowest BCUT2D eigenvalue weighted by atomic mass is 9.96. The van der Waals surface area contributed by atoms with Crippen molar-refractivity contribution in [2.24, 2.45) is 0 Å². The number of carboxylic acid groups (broad SMARTS) is 1. The van der Waals surface area contributed by atoms with Gasteiger partial charge in [-0.2, -0.15) is 0 Å². The Hall–Kier alpha value is -0.650. The van der Waals surface area contributed by atoms with Gasteiger partial charge in [0, 0.05) is 37.8 Å². The van der Waals surface area contributed by atoms with Crippen molar-refractivity contribution in [1.82, 2.24) is 10.2 Å². The third-order valence-electron chi connectivity index (χ3n) is 3.80. The molecule has 0 aromatic rings. The molecule has 5 nitrogen and oxygen atoms in total. The molecule has 5 heteroatoms. The van der Waals surface area contributed by atoms with Gasteiger partial charge in [0.25, 0.3) is 0 Å². The minimum Gasteiger partial charge on any atom is -0.481 e. The van der Waals surface area contributed by atoms with E-state index in [1.54, 1.807) is 0 Å². The van der Waals surface area contributed by atoms with Crippen molar-refractivity contribution in [1.29, 1.82) is 0 Å². The molecule has 2 saturated heterocycles. The third-order valence-corrected chi connectivity index (χ3v) is 3.80. The first kappa shape index (κ1) is 13.8. The van der Waals surface area contributed by atoms with Crippen molar-refractivity contribution < 1.29 is 14.6 Å². The molecule has 0 aliphatic carbocycles. The Kier molecular flexibility index (Phi) is 4.25. The summed E-state index contributed by atoms with van der Waals surface area (Å²) < 4.78 is 5.67. The molecule has 2 rings (SSSR count). The summed E-state index contributed by atoms with van der Waals surface area (Å²) in [6.07, 6.45) is 2.72. The Bertz CT molecular complexity index is 301. The Labute approximate surface area is 108 Å². The molecule has 2 aliphatic heterocycles. The van der Waals surface area contributed by atoms with Crippen LogP contribution in [0.1, 0.15) is 33.1 Å². The molecule has 2 heterocycles. The van der Waals surface area contributed by atoms with Crippen LogP contribution in [-0.2, 0) is 9.53 Å². The van der Waals surface area contributed by atoms with Gasteiger partial charge in [0.15, 0.2) is 0 Å². The number of nitrogens with zero attached hydrogens (tertiary/aromatic N) is 1. The average Bonchev–Trinajstić information content (AvgIpc) is 2.74. The zero-order valence-corrected chi connectivity index (χ0v) is 11.3. The van der Waals surface area contributed by atoms with Gasteiger partial charge in [-0.3, -0.25) is 9.69 Å². The highest BCUT2D eigenvalue weighted by Gasteiger charge is 2.35. The van der Waals surface area contributed by atoms with Crippen molar-refractivity contribution in [3.8, 4) is 0 Å². The minimum absolute atomic E-state index is 0.0492. The second kappa shape index (κ2) is 5.55. The summed E-state index contributed by atoms with van der Waals surface area (Å²) in [6, 6.07) is 0.0831. The molecule has 104 valence electrons. The molecule has 0 bridgehead atoms. The second-order valence-corrected chi connectivity index (χ2v) is 6.08. The lowest BCUT2D eigenvalue weighted by Crippen LogP contribution is -2.62. The summed E-state index contributed by atoms with van der Waals surface area (Å²) in [5, 5.41) is 12.4. The molecule has 2 fully saturated rings. The zero-order chi connectivity index (χ0) is 13.2. The molecule has 0 aromatic heterocycles. The summed E-state index contributed by atoms with van der Waals surface area (Å²) in [4.78, 5) is 13.2. The number of aliphatic carboxylic acids is 1. The van der Waals surface area contributed by atoms with Crippen LogP contribution in [0.5, 0.6) is 0 Å². The van der Waals surface area contributed by atoms with Crippen LogP contribution in [0.4, 0.5) is 0 Å². The monoisotopic (exact) mass is 256 g/mol. The first-order chi connectivity index (χ1) is 8.46. The molecule has 0 amide bonds. The molecular weight excluding hydrogens is 232 g/mol. The maximum Gasteiger partial charge on any atom is 0.304 e. The quantitative estimate of drug-likeness (QED) is 0.775. The van der Waals surface area contributed by atoms with Crippen molar-refractivity contribution >= 4 is 5.97 Å². The predicted octanol–water partition coefficient (Wildman–Crippen LogP) is 0.693. The van der Waals surface area contributed by atoms with Crippen LogP contribution >= 0.6 is 0 Å². The van der Waals surface area contributed by atoms with Gasteiger partial charge in [0.2, 0.25) is 0 Å². The summed E-state index contributed by atoms with van der Waals surface area (Å²) >= 11 is 0. The third kappa shape index (κ3) is 3.67. The Morgan fingerprint density at radius 2 is 2.33 bits per heavy atom.